The van der Waals surface area contributed by atoms with Gasteiger partial charge in [0.2, 0.25) is 0 Å². The van der Waals surface area contributed by atoms with Gasteiger partial charge in [0, 0.05) is 32.7 Å². The predicted octanol–water partition coefficient (Wildman–Crippen LogP) is 3.22. The van der Waals surface area contributed by atoms with Crippen LogP contribution in [0.15, 0.2) is 4.99 Å². The van der Waals surface area contributed by atoms with Crippen LogP contribution < -0.4 is 10.6 Å². The van der Waals surface area contributed by atoms with Crippen molar-refractivity contribution in [3.63, 3.8) is 0 Å². The third-order valence-electron chi connectivity index (χ3n) is 5.19. The van der Waals surface area contributed by atoms with Crippen LogP contribution in [0.3, 0.4) is 0 Å². The molecular weight excluding hydrogens is 431 g/mol. The van der Waals surface area contributed by atoms with E-state index in [4.69, 9.17) is 4.74 Å². The standard InChI is InChI=1S/C18H34N4O2.HI/c1-4-24-18(23)22-10-8-16(9-11-22)21-17(19-3)20-13-15-7-5-6-14(2)12-15;/h14-16H,4-13H2,1-3H3,(H2,19,20,21);1H. The minimum Gasteiger partial charge on any atom is -0.450 e. The van der Waals surface area contributed by atoms with Crippen LogP contribution in [0.1, 0.15) is 52.4 Å². The van der Waals surface area contributed by atoms with E-state index in [0.717, 1.165) is 50.3 Å². The van der Waals surface area contributed by atoms with Gasteiger partial charge in [-0.25, -0.2) is 4.79 Å². The molecule has 2 fully saturated rings. The van der Waals surface area contributed by atoms with E-state index >= 15 is 0 Å². The molecule has 2 rings (SSSR count). The Kier molecular flexibility index (Phi) is 10.5. The summed E-state index contributed by atoms with van der Waals surface area (Å²) in [6.45, 7) is 7.13. The summed E-state index contributed by atoms with van der Waals surface area (Å²) >= 11 is 0. The molecule has 0 aromatic heterocycles. The smallest absolute Gasteiger partial charge is 0.409 e. The lowest BCUT2D eigenvalue weighted by Gasteiger charge is -2.33. The number of piperidine rings is 1. The highest BCUT2D eigenvalue weighted by Crippen LogP contribution is 2.27. The monoisotopic (exact) mass is 466 g/mol. The van der Waals surface area contributed by atoms with Gasteiger partial charge in [-0.05, 0) is 44.4 Å². The minimum absolute atomic E-state index is 0. The molecule has 0 aromatic rings. The zero-order valence-corrected chi connectivity index (χ0v) is 18.3. The van der Waals surface area contributed by atoms with Crippen molar-refractivity contribution in [3.8, 4) is 0 Å². The first kappa shape index (κ1) is 22.3. The van der Waals surface area contributed by atoms with Crippen molar-refractivity contribution in [2.24, 2.45) is 16.8 Å². The van der Waals surface area contributed by atoms with E-state index in [0.29, 0.717) is 12.6 Å². The van der Waals surface area contributed by atoms with E-state index < -0.39 is 0 Å². The molecule has 146 valence electrons. The summed E-state index contributed by atoms with van der Waals surface area (Å²) in [5, 5.41) is 7.00. The molecule has 2 atom stereocenters. The topological polar surface area (TPSA) is 66.0 Å². The van der Waals surface area contributed by atoms with Crippen molar-refractivity contribution in [3.05, 3.63) is 0 Å². The molecule has 0 aromatic carbocycles. The van der Waals surface area contributed by atoms with Crippen LogP contribution in [0.25, 0.3) is 0 Å². The Morgan fingerprint density at radius 2 is 1.96 bits per heavy atom. The maximum absolute atomic E-state index is 11.7. The molecule has 1 amide bonds. The van der Waals surface area contributed by atoms with Crippen molar-refractivity contribution in [2.45, 2.75) is 58.4 Å². The van der Waals surface area contributed by atoms with E-state index in [9.17, 15) is 4.79 Å². The fourth-order valence-electron chi connectivity index (χ4n) is 3.80. The number of nitrogens with zero attached hydrogens (tertiary/aromatic N) is 2. The van der Waals surface area contributed by atoms with Gasteiger partial charge in [-0.1, -0.05) is 19.8 Å². The summed E-state index contributed by atoms with van der Waals surface area (Å²) in [5.41, 5.74) is 0. The molecule has 1 heterocycles. The Morgan fingerprint density at radius 3 is 2.56 bits per heavy atom. The molecule has 25 heavy (non-hydrogen) atoms. The van der Waals surface area contributed by atoms with Gasteiger partial charge in [0.05, 0.1) is 6.61 Å². The maximum atomic E-state index is 11.7. The number of guanidine groups is 1. The molecule has 7 heteroatoms. The summed E-state index contributed by atoms with van der Waals surface area (Å²) in [5.74, 6) is 2.51. The fourth-order valence-corrected chi connectivity index (χ4v) is 3.80. The lowest BCUT2D eigenvalue weighted by Crippen LogP contribution is -2.50. The van der Waals surface area contributed by atoms with Gasteiger partial charge in [0.1, 0.15) is 0 Å². The highest BCUT2D eigenvalue weighted by Gasteiger charge is 2.24. The zero-order valence-electron chi connectivity index (χ0n) is 15.9. The van der Waals surface area contributed by atoms with Crippen LogP contribution in [0.2, 0.25) is 0 Å². The van der Waals surface area contributed by atoms with E-state index in [1.54, 1.807) is 4.90 Å². The van der Waals surface area contributed by atoms with Crippen LogP contribution in [-0.2, 0) is 4.74 Å². The minimum atomic E-state index is -0.190. The van der Waals surface area contributed by atoms with Crippen molar-refractivity contribution < 1.29 is 9.53 Å². The highest BCUT2D eigenvalue weighted by atomic mass is 127. The number of halogens is 1. The lowest BCUT2D eigenvalue weighted by molar-refractivity contribution is 0.0963. The molecule has 2 aliphatic rings. The molecular formula is C18H35IN4O2. The molecule has 0 bridgehead atoms. The van der Waals surface area contributed by atoms with Gasteiger partial charge in [-0.2, -0.15) is 0 Å². The second kappa shape index (κ2) is 11.8. The number of rotatable bonds is 4. The van der Waals surface area contributed by atoms with Crippen LogP contribution in [-0.4, -0.2) is 56.3 Å². The van der Waals surface area contributed by atoms with Crippen LogP contribution in [0.5, 0.6) is 0 Å². The number of amides is 1. The van der Waals surface area contributed by atoms with Gasteiger partial charge in [-0.15, -0.1) is 24.0 Å². The molecule has 1 aliphatic heterocycles. The Morgan fingerprint density at radius 1 is 1.24 bits per heavy atom. The summed E-state index contributed by atoms with van der Waals surface area (Å²) in [6, 6.07) is 0.368. The Balaban J connectivity index is 0.00000312. The Labute approximate surface area is 169 Å². The van der Waals surface area contributed by atoms with Crippen molar-refractivity contribution >= 4 is 36.0 Å². The molecule has 2 N–H and O–H groups in total. The van der Waals surface area contributed by atoms with E-state index in [1.807, 2.05) is 14.0 Å². The van der Waals surface area contributed by atoms with Crippen molar-refractivity contribution in [1.82, 2.24) is 15.5 Å². The number of hydrogen-bond donors (Lipinski definition) is 2. The largest absolute Gasteiger partial charge is 0.450 e. The van der Waals surface area contributed by atoms with Crippen LogP contribution in [0, 0.1) is 11.8 Å². The molecule has 0 radical (unpaired) electrons. The third-order valence-corrected chi connectivity index (χ3v) is 5.19. The number of likely N-dealkylation sites (tertiary alicyclic amines) is 1. The quantitative estimate of drug-likeness (QED) is 0.380. The predicted molar refractivity (Wildman–Crippen MR) is 113 cm³/mol. The molecule has 6 nitrogen and oxygen atoms in total. The summed E-state index contributed by atoms with van der Waals surface area (Å²) in [4.78, 5) is 17.9. The first-order valence-corrected chi connectivity index (χ1v) is 9.51. The van der Waals surface area contributed by atoms with Gasteiger partial charge in [-0.3, -0.25) is 4.99 Å². The van der Waals surface area contributed by atoms with Crippen LogP contribution >= 0.6 is 24.0 Å². The Bertz CT molecular complexity index is 425. The number of carbonyl (C=O) groups excluding carboxylic acids is 1. The van der Waals surface area contributed by atoms with Crippen molar-refractivity contribution in [2.75, 3.05) is 33.3 Å². The number of hydrogen-bond acceptors (Lipinski definition) is 3. The molecule has 1 saturated carbocycles. The van der Waals surface area contributed by atoms with E-state index in [-0.39, 0.29) is 30.1 Å². The molecule has 1 saturated heterocycles. The molecule has 1 aliphatic carbocycles. The number of carbonyl (C=O) groups is 1. The maximum Gasteiger partial charge on any atom is 0.409 e. The average molecular weight is 466 g/mol. The number of aliphatic imine (C=N–C) groups is 1. The molecule has 2 unspecified atom stereocenters. The molecule has 0 spiro atoms. The summed E-state index contributed by atoms with van der Waals surface area (Å²) in [6.07, 6.45) is 7.05. The van der Waals surface area contributed by atoms with Crippen LogP contribution in [0.4, 0.5) is 4.79 Å². The normalized spacial score (nSPS) is 25.1. The first-order chi connectivity index (χ1) is 11.6. The summed E-state index contributed by atoms with van der Waals surface area (Å²) in [7, 11) is 1.83. The SMILES string of the molecule is CCOC(=O)N1CCC(NC(=NC)NCC2CCCC(C)C2)CC1.I. The lowest BCUT2D eigenvalue weighted by atomic mass is 9.82. The zero-order chi connectivity index (χ0) is 17.4. The highest BCUT2D eigenvalue weighted by molar-refractivity contribution is 14.0. The van der Waals surface area contributed by atoms with Gasteiger partial charge < -0.3 is 20.3 Å². The van der Waals surface area contributed by atoms with Gasteiger partial charge in [0.15, 0.2) is 5.96 Å². The van der Waals surface area contributed by atoms with E-state index in [1.165, 1.54) is 25.7 Å². The van der Waals surface area contributed by atoms with Gasteiger partial charge in [0.25, 0.3) is 0 Å². The second-order valence-electron chi connectivity index (χ2n) is 7.20. The second-order valence-corrected chi connectivity index (χ2v) is 7.20. The van der Waals surface area contributed by atoms with Crippen molar-refractivity contribution in [1.29, 1.82) is 0 Å². The van der Waals surface area contributed by atoms with E-state index in [2.05, 4.69) is 22.5 Å². The van der Waals surface area contributed by atoms with Gasteiger partial charge >= 0.3 is 6.09 Å². The number of nitrogens with one attached hydrogen (secondary N) is 2. The third kappa shape index (κ3) is 7.58. The number of ether oxygens (including phenoxy) is 1. The first-order valence-electron chi connectivity index (χ1n) is 9.51. The fraction of sp³-hybridized carbons (Fsp3) is 0.889. The summed E-state index contributed by atoms with van der Waals surface area (Å²) < 4.78 is 5.06. The average Bonchev–Trinajstić information content (AvgIpc) is 2.59. The Hall–Kier alpha value is -0.730.